The molecule has 0 unspecified atom stereocenters. The first kappa shape index (κ1) is 22.0. The number of nitrogens with zero attached hydrogens (tertiary/aromatic N) is 3. The van der Waals surface area contributed by atoms with Gasteiger partial charge in [-0.2, -0.15) is 0 Å². The molecule has 32 heavy (non-hydrogen) atoms. The van der Waals surface area contributed by atoms with Crippen LogP contribution in [0.1, 0.15) is 29.9 Å². The number of aromatic nitrogens is 2. The zero-order valence-corrected chi connectivity index (χ0v) is 18.3. The van der Waals surface area contributed by atoms with Crippen LogP contribution >= 0.6 is 0 Å². The maximum Gasteiger partial charge on any atom is 0.255 e. The number of hydrogen-bond donors (Lipinski definition) is 1. The molecule has 4 rings (SSSR count). The fourth-order valence-corrected chi connectivity index (χ4v) is 4.09. The van der Waals surface area contributed by atoms with Crippen molar-refractivity contribution in [3.05, 3.63) is 72.1 Å². The molecule has 1 N–H and O–H groups in total. The average Bonchev–Trinajstić information content (AvgIpc) is 3.13. The van der Waals surface area contributed by atoms with Gasteiger partial charge in [0.2, 0.25) is 5.91 Å². The minimum Gasteiger partial charge on any atom is -0.379 e. The van der Waals surface area contributed by atoms with Crippen LogP contribution in [0, 0.1) is 11.7 Å². The van der Waals surface area contributed by atoms with Crippen molar-refractivity contribution in [2.45, 2.75) is 25.8 Å². The number of hydrogen-bond acceptors (Lipinski definition) is 4. The first-order chi connectivity index (χ1) is 15.3. The third-order valence-corrected chi connectivity index (χ3v) is 5.72. The average molecular weight is 439 g/mol. The molecule has 3 heterocycles. The molecule has 1 fully saturated rings. The van der Waals surface area contributed by atoms with E-state index in [9.17, 15) is 14.0 Å². The zero-order valence-electron chi connectivity index (χ0n) is 18.3. The van der Waals surface area contributed by atoms with E-state index in [2.05, 4.69) is 10.3 Å². The minimum atomic E-state index is -1.20. The monoisotopic (exact) mass is 438 g/mol. The minimum absolute atomic E-state index is 0.0631. The van der Waals surface area contributed by atoms with Gasteiger partial charge in [0.05, 0.1) is 30.0 Å². The second-order valence-electron chi connectivity index (χ2n) is 8.63. The van der Waals surface area contributed by atoms with E-state index in [0.717, 1.165) is 11.2 Å². The molecule has 1 aliphatic heterocycles. The Morgan fingerprint density at radius 1 is 1.22 bits per heavy atom. The summed E-state index contributed by atoms with van der Waals surface area (Å²) in [6.07, 6.45) is 6.31. The molecule has 1 atom stereocenters. The molecule has 0 radical (unpaired) electrons. The summed E-state index contributed by atoms with van der Waals surface area (Å²) < 4.78 is 21.8. The number of benzene rings is 1. The van der Waals surface area contributed by atoms with Crippen molar-refractivity contribution in [2.75, 3.05) is 26.3 Å². The summed E-state index contributed by atoms with van der Waals surface area (Å²) in [5, 5.41) is 2.69. The standard InChI is InChI=1S/C24H27FN4O3/c1-24(2,27-22(30)18-6-3-4-7-19(18)25)23(31)29-12-13-32-16-17(15-29)14-20-21-8-5-10-28(21)11-9-26-20/h3-11,17H,12-16H2,1-2H3,(H,27,30)/t17-/m1/s1. The van der Waals surface area contributed by atoms with Crippen LogP contribution in [-0.2, 0) is 16.0 Å². The second kappa shape index (κ2) is 9.08. The van der Waals surface area contributed by atoms with Gasteiger partial charge in [0.15, 0.2) is 0 Å². The van der Waals surface area contributed by atoms with Crippen LogP contribution in [0.4, 0.5) is 4.39 Å². The lowest BCUT2D eigenvalue weighted by Gasteiger charge is -2.33. The molecule has 8 heteroatoms. The quantitative estimate of drug-likeness (QED) is 0.665. The predicted molar refractivity (Wildman–Crippen MR) is 118 cm³/mol. The van der Waals surface area contributed by atoms with E-state index < -0.39 is 17.3 Å². The van der Waals surface area contributed by atoms with Crippen molar-refractivity contribution in [1.29, 1.82) is 0 Å². The van der Waals surface area contributed by atoms with Crippen molar-refractivity contribution in [3.8, 4) is 0 Å². The lowest BCUT2D eigenvalue weighted by Crippen LogP contribution is -2.57. The third kappa shape index (κ3) is 4.65. The molecule has 1 saturated heterocycles. The third-order valence-electron chi connectivity index (χ3n) is 5.72. The molecule has 0 aliphatic carbocycles. The van der Waals surface area contributed by atoms with Gasteiger partial charge in [-0.15, -0.1) is 0 Å². The maximum absolute atomic E-state index is 14.0. The van der Waals surface area contributed by atoms with Crippen molar-refractivity contribution in [3.63, 3.8) is 0 Å². The number of nitrogens with one attached hydrogen (secondary N) is 1. The first-order valence-electron chi connectivity index (χ1n) is 10.7. The lowest BCUT2D eigenvalue weighted by atomic mass is 9.99. The Morgan fingerprint density at radius 2 is 2.03 bits per heavy atom. The summed E-state index contributed by atoms with van der Waals surface area (Å²) in [4.78, 5) is 32.2. The summed E-state index contributed by atoms with van der Waals surface area (Å²) in [7, 11) is 0. The lowest BCUT2D eigenvalue weighted by molar-refractivity contribution is -0.137. The fourth-order valence-electron chi connectivity index (χ4n) is 4.09. The van der Waals surface area contributed by atoms with Crippen LogP contribution in [0.25, 0.3) is 5.52 Å². The van der Waals surface area contributed by atoms with Gasteiger partial charge in [0, 0.05) is 37.6 Å². The second-order valence-corrected chi connectivity index (χ2v) is 8.63. The van der Waals surface area contributed by atoms with Crippen LogP contribution in [0.3, 0.4) is 0 Å². The van der Waals surface area contributed by atoms with Gasteiger partial charge >= 0.3 is 0 Å². The molecule has 2 amide bonds. The Bertz CT molecular complexity index is 1130. The number of rotatable bonds is 5. The van der Waals surface area contributed by atoms with E-state index in [0.29, 0.717) is 32.7 Å². The molecule has 2 aromatic heterocycles. The van der Waals surface area contributed by atoms with Crippen molar-refractivity contribution in [2.24, 2.45) is 5.92 Å². The predicted octanol–water partition coefficient (Wildman–Crippen LogP) is 2.70. The molecular formula is C24H27FN4O3. The Balaban J connectivity index is 1.46. The smallest absolute Gasteiger partial charge is 0.255 e. The summed E-state index contributed by atoms with van der Waals surface area (Å²) in [6.45, 7) is 5.13. The molecule has 0 saturated carbocycles. The SMILES string of the molecule is CC(C)(NC(=O)c1ccccc1F)C(=O)N1CCOC[C@H](Cc2nccn3cccc23)C1. The van der Waals surface area contributed by atoms with Crippen LogP contribution in [0.2, 0.25) is 0 Å². The maximum atomic E-state index is 14.0. The molecule has 0 bridgehead atoms. The fraction of sp³-hybridized carbons (Fsp3) is 0.375. The van der Waals surface area contributed by atoms with Gasteiger partial charge in [0.1, 0.15) is 11.4 Å². The molecule has 7 nitrogen and oxygen atoms in total. The van der Waals surface area contributed by atoms with Crippen molar-refractivity contribution < 1.29 is 18.7 Å². The number of amides is 2. The molecule has 3 aromatic rings. The summed E-state index contributed by atoms with van der Waals surface area (Å²) in [6, 6.07) is 9.72. The number of ether oxygens (including phenoxy) is 1. The Hall–Kier alpha value is -3.26. The Labute approximate surface area is 186 Å². The molecule has 0 spiro atoms. The van der Waals surface area contributed by atoms with Gasteiger partial charge in [-0.3, -0.25) is 14.6 Å². The van der Waals surface area contributed by atoms with Gasteiger partial charge in [0.25, 0.3) is 5.91 Å². The van der Waals surface area contributed by atoms with Gasteiger partial charge in [-0.05, 0) is 44.5 Å². The Kier molecular flexibility index (Phi) is 6.23. The van der Waals surface area contributed by atoms with E-state index in [1.165, 1.54) is 18.2 Å². The number of halogens is 1. The molecule has 1 aromatic carbocycles. The number of carbonyl (C=O) groups excluding carboxylic acids is 2. The highest BCUT2D eigenvalue weighted by molar-refractivity contribution is 5.99. The van der Waals surface area contributed by atoms with Crippen LogP contribution in [0.5, 0.6) is 0 Å². The highest BCUT2D eigenvalue weighted by Crippen LogP contribution is 2.19. The van der Waals surface area contributed by atoms with Crippen LogP contribution in [-0.4, -0.2) is 57.9 Å². The van der Waals surface area contributed by atoms with Gasteiger partial charge in [-0.25, -0.2) is 4.39 Å². The van der Waals surface area contributed by atoms with Gasteiger partial charge in [-0.1, -0.05) is 12.1 Å². The largest absolute Gasteiger partial charge is 0.379 e. The first-order valence-corrected chi connectivity index (χ1v) is 10.7. The van der Waals surface area contributed by atoms with E-state index in [-0.39, 0.29) is 17.4 Å². The van der Waals surface area contributed by atoms with E-state index in [1.54, 1.807) is 31.0 Å². The summed E-state index contributed by atoms with van der Waals surface area (Å²) >= 11 is 0. The summed E-state index contributed by atoms with van der Waals surface area (Å²) in [5.74, 6) is -1.41. The van der Waals surface area contributed by atoms with E-state index >= 15 is 0 Å². The molecular weight excluding hydrogens is 411 g/mol. The zero-order chi connectivity index (χ0) is 22.7. The van der Waals surface area contributed by atoms with Crippen molar-refractivity contribution in [1.82, 2.24) is 19.6 Å². The highest BCUT2D eigenvalue weighted by atomic mass is 19.1. The number of fused-ring (bicyclic) bond motifs is 1. The highest BCUT2D eigenvalue weighted by Gasteiger charge is 2.36. The van der Waals surface area contributed by atoms with Crippen LogP contribution in [0.15, 0.2) is 55.0 Å². The van der Waals surface area contributed by atoms with Crippen LogP contribution < -0.4 is 5.32 Å². The van der Waals surface area contributed by atoms with E-state index in [1.807, 2.05) is 28.9 Å². The number of carbonyl (C=O) groups is 2. The van der Waals surface area contributed by atoms with E-state index in [4.69, 9.17) is 4.74 Å². The molecule has 1 aliphatic rings. The van der Waals surface area contributed by atoms with Gasteiger partial charge < -0.3 is 19.4 Å². The topological polar surface area (TPSA) is 75.9 Å². The Morgan fingerprint density at radius 3 is 2.84 bits per heavy atom. The summed E-state index contributed by atoms with van der Waals surface area (Å²) in [5.41, 5.74) is 0.699. The molecule has 168 valence electrons. The normalized spacial score (nSPS) is 17.2. The van der Waals surface area contributed by atoms with Crippen molar-refractivity contribution >= 4 is 17.3 Å².